The van der Waals surface area contributed by atoms with Crippen LogP contribution in [0.3, 0.4) is 0 Å². The number of thiazole rings is 1. The average Bonchev–Trinajstić information content (AvgIpc) is 3.24. The van der Waals surface area contributed by atoms with Crippen molar-refractivity contribution in [1.29, 1.82) is 0 Å². The van der Waals surface area contributed by atoms with Gasteiger partial charge >= 0.3 is 0 Å². The van der Waals surface area contributed by atoms with E-state index < -0.39 is 0 Å². The van der Waals surface area contributed by atoms with Gasteiger partial charge in [-0.05, 0) is 23.6 Å². The van der Waals surface area contributed by atoms with Crippen molar-refractivity contribution in [2.45, 2.75) is 19.9 Å². The van der Waals surface area contributed by atoms with E-state index in [4.69, 9.17) is 0 Å². The predicted octanol–water partition coefficient (Wildman–Crippen LogP) is 4.70. The molecule has 30 heavy (non-hydrogen) atoms. The number of hydrogen-bond donors (Lipinski definition) is 1. The SMILES string of the molecule is CCCn1nc(C(=O)Nc2nc(-c3ccc(-c4ccccc4)cc3)cs2)ccc1=O. The van der Waals surface area contributed by atoms with Crippen molar-refractivity contribution in [1.82, 2.24) is 14.8 Å². The molecule has 0 fully saturated rings. The van der Waals surface area contributed by atoms with E-state index in [-0.39, 0.29) is 17.2 Å². The fourth-order valence-corrected chi connectivity index (χ4v) is 3.75. The van der Waals surface area contributed by atoms with Gasteiger partial charge in [-0.3, -0.25) is 14.9 Å². The highest BCUT2D eigenvalue weighted by molar-refractivity contribution is 7.14. The van der Waals surface area contributed by atoms with Gasteiger partial charge in [-0.25, -0.2) is 9.67 Å². The topological polar surface area (TPSA) is 76.9 Å². The molecule has 0 saturated heterocycles. The number of nitrogens with one attached hydrogen (secondary N) is 1. The van der Waals surface area contributed by atoms with Crippen molar-refractivity contribution in [3.63, 3.8) is 0 Å². The maximum absolute atomic E-state index is 12.5. The van der Waals surface area contributed by atoms with Gasteiger partial charge < -0.3 is 0 Å². The van der Waals surface area contributed by atoms with E-state index in [0.29, 0.717) is 11.7 Å². The van der Waals surface area contributed by atoms with Crippen molar-refractivity contribution in [2.24, 2.45) is 0 Å². The molecule has 0 aliphatic carbocycles. The molecule has 2 aromatic carbocycles. The van der Waals surface area contributed by atoms with Crippen molar-refractivity contribution in [3.8, 4) is 22.4 Å². The Labute approximate surface area is 177 Å². The third-order valence-corrected chi connectivity index (χ3v) is 5.30. The molecular formula is C23H20N4O2S. The van der Waals surface area contributed by atoms with E-state index in [0.717, 1.165) is 28.8 Å². The first-order valence-corrected chi connectivity index (χ1v) is 10.5. The van der Waals surface area contributed by atoms with Crippen LogP contribution in [0.1, 0.15) is 23.8 Å². The monoisotopic (exact) mass is 416 g/mol. The second-order valence-corrected chi connectivity index (χ2v) is 7.57. The van der Waals surface area contributed by atoms with E-state index >= 15 is 0 Å². The summed E-state index contributed by atoms with van der Waals surface area (Å²) in [6, 6.07) is 21.1. The second-order valence-electron chi connectivity index (χ2n) is 6.72. The molecular weight excluding hydrogens is 396 g/mol. The van der Waals surface area contributed by atoms with Crippen LogP contribution in [0.2, 0.25) is 0 Å². The number of aryl methyl sites for hydroxylation is 1. The van der Waals surface area contributed by atoms with Crippen LogP contribution in [0, 0.1) is 0 Å². The first-order chi connectivity index (χ1) is 14.6. The summed E-state index contributed by atoms with van der Waals surface area (Å²) in [7, 11) is 0. The minimum Gasteiger partial charge on any atom is -0.296 e. The lowest BCUT2D eigenvalue weighted by Gasteiger charge is -2.05. The van der Waals surface area contributed by atoms with Crippen LogP contribution in [0.25, 0.3) is 22.4 Å². The molecule has 7 heteroatoms. The van der Waals surface area contributed by atoms with Gasteiger partial charge in [0.05, 0.1) is 5.69 Å². The Balaban J connectivity index is 1.48. The summed E-state index contributed by atoms with van der Waals surface area (Å²) in [4.78, 5) is 28.8. The maximum Gasteiger partial charge on any atom is 0.277 e. The number of benzene rings is 2. The summed E-state index contributed by atoms with van der Waals surface area (Å²) in [6.45, 7) is 2.42. The van der Waals surface area contributed by atoms with Crippen LogP contribution in [0.4, 0.5) is 5.13 Å². The van der Waals surface area contributed by atoms with E-state index in [1.54, 1.807) is 0 Å². The fourth-order valence-electron chi connectivity index (χ4n) is 3.03. The number of nitrogens with zero attached hydrogens (tertiary/aromatic N) is 3. The summed E-state index contributed by atoms with van der Waals surface area (Å²) in [5, 5.41) is 9.28. The Morgan fingerprint density at radius 1 is 0.967 bits per heavy atom. The molecule has 0 radical (unpaired) electrons. The quantitative estimate of drug-likeness (QED) is 0.494. The fraction of sp³-hybridized carbons (Fsp3) is 0.130. The largest absolute Gasteiger partial charge is 0.296 e. The highest BCUT2D eigenvalue weighted by Crippen LogP contribution is 2.27. The van der Waals surface area contributed by atoms with E-state index in [1.807, 2.05) is 42.6 Å². The van der Waals surface area contributed by atoms with Gasteiger partial charge in [0, 0.05) is 23.6 Å². The molecule has 6 nitrogen and oxygen atoms in total. The minimum atomic E-state index is -0.389. The number of aromatic nitrogens is 3. The van der Waals surface area contributed by atoms with Gasteiger partial charge in [0.25, 0.3) is 11.5 Å². The summed E-state index contributed by atoms with van der Waals surface area (Å²) < 4.78 is 1.30. The summed E-state index contributed by atoms with van der Waals surface area (Å²) in [6.07, 6.45) is 0.761. The number of hydrogen-bond acceptors (Lipinski definition) is 5. The van der Waals surface area contributed by atoms with Gasteiger partial charge in [0.2, 0.25) is 0 Å². The summed E-state index contributed by atoms with van der Waals surface area (Å²) in [5.41, 5.74) is 4.03. The molecule has 0 atom stereocenters. The molecule has 0 saturated carbocycles. The van der Waals surface area contributed by atoms with Crippen molar-refractivity contribution in [2.75, 3.05) is 5.32 Å². The van der Waals surface area contributed by atoms with Crippen molar-refractivity contribution < 1.29 is 4.79 Å². The third kappa shape index (κ3) is 4.36. The molecule has 0 bridgehead atoms. The van der Waals surface area contributed by atoms with Gasteiger partial charge in [-0.2, -0.15) is 5.10 Å². The van der Waals surface area contributed by atoms with Crippen molar-refractivity contribution in [3.05, 3.63) is 88.2 Å². The molecule has 0 aliphatic heterocycles. The second kappa shape index (κ2) is 8.84. The zero-order valence-electron chi connectivity index (χ0n) is 16.4. The van der Waals surface area contributed by atoms with Gasteiger partial charge in [-0.1, -0.05) is 61.5 Å². The first kappa shape index (κ1) is 19.7. The number of carbonyl (C=O) groups is 1. The number of amides is 1. The zero-order chi connectivity index (χ0) is 20.9. The lowest BCUT2D eigenvalue weighted by Crippen LogP contribution is -2.26. The Hall–Kier alpha value is -3.58. The summed E-state index contributed by atoms with van der Waals surface area (Å²) in [5.74, 6) is -0.389. The molecule has 4 aromatic rings. The highest BCUT2D eigenvalue weighted by Gasteiger charge is 2.13. The third-order valence-electron chi connectivity index (χ3n) is 4.55. The molecule has 4 rings (SSSR count). The smallest absolute Gasteiger partial charge is 0.277 e. The van der Waals surface area contributed by atoms with E-state index in [9.17, 15) is 9.59 Å². The Morgan fingerprint density at radius 3 is 2.40 bits per heavy atom. The molecule has 1 N–H and O–H groups in total. The molecule has 0 aliphatic rings. The highest BCUT2D eigenvalue weighted by atomic mass is 32.1. The molecule has 1 amide bonds. The molecule has 150 valence electrons. The predicted molar refractivity (Wildman–Crippen MR) is 120 cm³/mol. The average molecular weight is 417 g/mol. The van der Waals surface area contributed by atoms with Crippen LogP contribution in [0.15, 0.2) is 76.9 Å². The molecule has 0 spiro atoms. The number of carbonyl (C=O) groups excluding carboxylic acids is 1. The van der Waals surface area contributed by atoms with Crippen molar-refractivity contribution >= 4 is 22.4 Å². The molecule has 0 unspecified atom stereocenters. The number of anilines is 1. The van der Waals surface area contributed by atoms with Crippen LogP contribution >= 0.6 is 11.3 Å². The lowest BCUT2D eigenvalue weighted by molar-refractivity contribution is 0.101. The molecule has 2 aromatic heterocycles. The first-order valence-electron chi connectivity index (χ1n) is 9.65. The minimum absolute atomic E-state index is 0.187. The number of rotatable bonds is 6. The summed E-state index contributed by atoms with van der Waals surface area (Å²) >= 11 is 1.35. The van der Waals surface area contributed by atoms with Crippen LogP contribution in [-0.4, -0.2) is 20.7 Å². The normalized spacial score (nSPS) is 10.7. The Bertz CT molecular complexity index is 1210. The van der Waals surface area contributed by atoms with E-state index in [1.165, 1.54) is 28.2 Å². The molecule has 2 heterocycles. The Kier molecular flexibility index (Phi) is 5.81. The van der Waals surface area contributed by atoms with Gasteiger partial charge in [-0.15, -0.1) is 11.3 Å². The standard InChI is InChI=1S/C23H20N4O2S/c1-2-14-27-21(28)13-12-19(26-27)22(29)25-23-24-20(15-30-23)18-10-8-17(9-11-18)16-6-4-3-5-7-16/h3-13,15H,2,14H2,1H3,(H,24,25,29). The van der Waals surface area contributed by atoms with Gasteiger partial charge in [0.1, 0.15) is 5.69 Å². The van der Waals surface area contributed by atoms with Crippen LogP contribution in [-0.2, 0) is 6.54 Å². The van der Waals surface area contributed by atoms with Crippen LogP contribution < -0.4 is 10.9 Å². The zero-order valence-corrected chi connectivity index (χ0v) is 17.2. The van der Waals surface area contributed by atoms with Crippen LogP contribution in [0.5, 0.6) is 0 Å². The van der Waals surface area contributed by atoms with E-state index in [2.05, 4.69) is 39.7 Å². The Morgan fingerprint density at radius 2 is 1.67 bits per heavy atom. The van der Waals surface area contributed by atoms with Gasteiger partial charge in [0.15, 0.2) is 5.13 Å². The lowest BCUT2D eigenvalue weighted by atomic mass is 10.0. The maximum atomic E-state index is 12.5.